The second-order valence-electron chi connectivity index (χ2n) is 3.99. The lowest BCUT2D eigenvalue weighted by Crippen LogP contribution is -2.37. The number of carbonyl (C=O) groups excluding carboxylic acids is 1. The second kappa shape index (κ2) is 6.61. The Bertz CT molecular complexity index is 605. The molecule has 104 valence electrons. The number of amides is 1. The third-order valence-electron chi connectivity index (χ3n) is 2.63. The van der Waals surface area contributed by atoms with Crippen LogP contribution >= 0.6 is 23.2 Å². The fraction of sp³-hybridized carbons (Fsp3) is 0.0714. The average Bonchev–Trinajstić information content (AvgIpc) is 2.48. The zero-order valence-corrected chi connectivity index (χ0v) is 11.9. The number of halogens is 2. The molecule has 0 fully saturated rings. The molecule has 0 aliphatic carbocycles. The third kappa shape index (κ3) is 3.42. The molecule has 1 unspecified atom stereocenters. The van der Waals surface area contributed by atoms with E-state index >= 15 is 0 Å². The number of hydrogen-bond donors (Lipinski definition) is 2. The van der Waals surface area contributed by atoms with E-state index in [9.17, 15) is 4.79 Å². The Hall–Kier alpha value is -1.75. The number of carbonyl (C=O) groups is 1. The quantitative estimate of drug-likeness (QED) is 0.518. The highest BCUT2D eigenvalue weighted by molar-refractivity contribution is 6.42. The van der Waals surface area contributed by atoms with Crippen LogP contribution in [0.4, 0.5) is 0 Å². The molecule has 0 aliphatic heterocycles. The van der Waals surface area contributed by atoms with Gasteiger partial charge in [0.2, 0.25) is 6.10 Å². The molecule has 20 heavy (non-hydrogen) atoms. The Balaban J connectivity index is 2.28. The normalized spacial score (nSPS) is 11.8. The Morgan fingerprint density at radius 2 is 1.80 bits per heavy atom. The van der Waals surface area contributed by atoms with Gasteiger partial charge >= 0.3 is 0 Å². The Kier molecular flexibility index (Phi) is 4.84. The molecule has 0 saturated heterocycles. The first-order valence-electron chi connectivity index (χ1n) is 5.79. The second-order valence-corrected chi connectivity index (χ2v) is 4.81. The minimum absolute atomic E-state index is 0.351. The van der Waals surface area contributed by atoms with E-state index < -0.39 is 12.0 Å². The topological polar surface area (TPSA) is 64.3 Å². The molecule has 0 radical (unpaired) electrons. The van der Waals surface area contributed by atoms with Crippen molar-refractivity contribution >= 4 is 29.1 Å². The van der Waals surface area contributed by atoms with Crippen LogP contribution in [0.15, 0.2) is 48.5 Å². The maximum Gasteiger partial charge on any atom is 0.279 e. The van der Waals surface area contributed by atoms with E-state index in [1.807, 2.05) is 18.2 Å². The zero-order chi connectivity index (χ0) is 14.5. The average molecular weight is 311 g/mol. The van der Waals surface area contributed by atoms with Gasteiger partial charge in [-0.3, -0.25) is 10.2 Å². The van der Waals surface area contributed by atoms with Crippen LogP contribution in [0.2, 0.25) is 10.0 Å². The van der Waals surface area contributed by atoms with Crippen LogP contribution in [0.25, 0.3) is 0 Å². The minimum atomic E-state index is -0.863. The summed E-state index contributed by atoms with van der Waals surface area (Å²) in [6.07, 6.45) is -0.863. The van der Waals surface area contributed by atoms with E-state index in [2.05, 4.69) is 5.43 Å². The fourth-order valence-corrected chi connectivity index (χ4v) is 1.95. The number of rotatable bonds is 4. The first-order chi connectivity index (χ1) is 9.61. The van der Waals surface area contributed by atoms with Gasteiger partial charge in [0.1, 0.15) is 5.75 Å². The maximum absolute atomic E-state index is 11.8. The molecule has 0 heterocycles. The van der Waals surface area contributed by atoms with Crippen LogP contribution in [0.1, 0.15) is 11.7 Å². The molecule has 0 saturated carbocycles. The third-order valence-corrected chi connectivity index (χ3v) is 3.37. The monoisotopic (exact) mass is 310 g/mol. The van der Waals surface area contributed by atoms with Gasteiger partial charge < -0.3 is 4.74 Å². The summed E-state index contributed by atoms with van der Waals surface area (Å²) in [6.45, 7) is 0. The number of hydrogen-bond acceptors (Lipinski definition) is 3. The van der Waals surface area contributed by atoms with Crippen molar-refractivity contribution in [2.24, 2.45) is 5.84 Å². The van der Waals surface area contributed by atoms with Crippen molar-refractivity contribution < 1.29 is 9.53 Å². The number of hydrazine groups is 1. The lowest BCUT2D eigenvalue weighted by atomic mass is 10.1. The standard InChI is InChI=1S/C14H12Cl2N2O2/c15-11-7-6-10(8-12(11)16)20-13(14(19)18-17)9-4-2-1-3-5-9/h1-8,13H,17H2,(H,18,19). The molecule has 4 nitrogen and oxygen atoms in total. The predicted molar refractivity (Wildman–Crippen MR) is 78.6 cm³/mol. The van der Waals surface area contributed by atoms with Gasteiger partial charge in [-0.2, -0.15) is 0 Å². The van der Waals surface area contributed by atoms with Gasteiger partial charge in [0.25, 0.3) is 5.91 Å². The highest BCUT2D eigenvalue weighted by atomic mass is 35.5. The van der Waals surface area contributed by atoms with Crippen molar-refractivity contribution in [1.29, 1.82) is 0 Å². The van der Waals surface area contributed by atoms with Gasteiger partial charge in [-0.1, -0.05) is 53.5 Å². The lowest BCUT2D eigenvalue weighted by molar-refractivity contribution is -0.128. The summed E-state index contributed by atoms with van der Waals surface area (Å²) in [4.78, 5) is 11.8. The zero-order valence-electron chi connectivity index (χ0n) is 10.3. The molecule has 2 aromatic carbocycles. The van der Waals surface area contributed by atoms with Crippen LogP contribution in [-0.4, -0.2) is 5.91 Å². The van der Waals surface area contributed by atoms with Gasteiger partial charge in [0.05, 0.1) is 10.0 Å². The summed E-state index contributed by atoms with van der Waals surface area (Å²) in [6, 6.07) is 13.8. The summed E-state index contributed by atoms with van der Waals surface area (Å²) in [5, 5.41) is 0.766. The summed E-state index contributed by atoms with van der Waals surface area (Å²) in [7, 11) is 0. The summed E-state index contributed by atoms with van der Waals surface area (Å²) < 4.78 is 5.65. The van der Waals surface area contributed by atoms with Crippen molar-refractivity contribution in [1.82, 2.24) is 5.43 Å². The highest BCUT2D eigenvalue weighted by Crippen LogP contribution is 2.29. The van der Waals surface area contributed by atoms with Crippen LogP contribution in [-0.2, 0) is 4.79 Å². The first-order valence-corrected chi connectivity index (χ1v) is 6.54. The Morgan fingerprint density at radius 1 is 1.10 bits per heavy atom. The van der Waals surface area contributed by atoms with E-state index in [1.54, 1.807) is 30.3 Å². The Morgan fingerprint density at radius 3 is 2.40 bits per heavy atom. The SMILES string of the molecule is NNC(=O)C(Oc1ccc(Cl)c(Cl)c1)c1ccccc1. The summed E-state index contributed by atoms with van der Waals surface area (Å²) in [5.74, 6) is 5.16. The van der Waals surface area contributed by atoms with Gasteiger partial charge in [-0.05, 0) is 12.1 Å². The van der Waals surface area contributed by atoms with E-state index in [0.29, 0.717) is 21.4 Å². The van der Waals surface area contributed by atoms with E-state index in [-0.39, 0.29) is 0 Å². The molecule has 2 aromatic rings. The number of nitrogens with two attached hydrogens (primary N) is 1. The Labute approximate surface area is 126 Å². The number of nitrogens with one attached hydrogen (secondary N) is 1. The predicted octanol–water partition coefficient (Wildman–Crippen LogP) is 3.10. The van der Waals surface area contributed by atoms with Gasteiger partial charge in [-0.15, -0.1) is 0 Å². The van der Waals surface area contributed by atoms with E-state index in [1.165, 1.54) is 0 Å². The summed E-state index contributed by atoms with van der Waals surface area (Å²) in [5.41, 5.74) is 2.77. The van der Waals surface area contributed by atoms with Gasteiger partial charge in [0, 0.05) is 11.6 Å². The molecule has 0 aliphatic rings. The van der Waals surface area contributed by atoms with E-state index in [4.69, 9.17) is 33.8 Å². The first kappa shape index (κ1) is 14.7. The van der Waals surface area contributed by atoms with E-state index in [0.717, 1.165) is 0 Å². The molecule has 2 rings (SSSR count). The van der Waals surface area contributed by atoms with Crippen LogP contribution in [0, 0.1) is 0 Å². The van der Waals surface area contributed by atoms with Gasteiger partial charge in [0.15, 0.2) is 0 Å². The largest absolute Gasteiger partial charge is 0.476 e. The number of ether oxygens (including phenoxy) is 1. The van der Waals surface area contributed by atoms with Crippen LogP contribution < -0.4 is 16.0 Å². The molecule has 0 spiro atoms. The molecule has 1 amide bonds. The molecule has 0 aromatic heterocycles. The lowest BCUT2D eigenvalue weighted by Gasteiger charge is -2.18. The van der Waals surface area contributed by atoms with Crippen LogP contribution in [0.5, 0.6) is 5.75 Å². The minimum Gasteiger partial charge on any atom is -0.476 e. The molecular formula is C14H12Cl2N2O2. The molecule has 3 N–H and O–H groups in total. The van der Waals surface area contributed by atoms with Crippen LogP contribution in [0.3, 0.4) is 0 Å². The highest BCUT2D eigenvalue weighted by Gasteiger charge is 2.21. The van der Waals surface area contributed by atoms with Crippen molar-refractivity contribution in [3.8, 4) is 5.75 Å². The van der Waals surface area contributed by atoms with Crippen molar-refractivity contribution in [3.63, 3.8) is 0 Å². The molecule has 6 heteroatoms. The summed E-state index contributed by atoms with van der Waals surface area (Å²) >= 11 is 11.8. The molecule has 0 bridgehead atoms. The number of benzene rings is 2. The van der Waals surface area contributed by atoms with Crippen molar-refractivity contribution in [2.75, 3.05) is 0 Å². The molecular weight excluding hydrogens is 299 g/mol. The van der Waals surface area contributed by atoms with Gasteiger partial charge in [-0.25, -0.2) is 5.84 Å². The van der Waals surface area contributed by atoms with Crippen molar-refractivity contribution in [3.05, 3.63) is 64.1 Å². The smallest absolute Gasteiger partial charge is 0.279 e. The fourth-order valence-electron chi connectivity index (χ4n) is 1.66. The van der Waals surface area contributed by atoms with Crippen molar-refractivity contribution in [2.45, 2.75) is 6.10 Å². The molecule has 1 atom stereocenters. The maximum atomic E-state index is 11.8.